The van der Waals surface area contributed by atoms with Crippen molar-refractivity contribution in [2.24, 2.45) is 0 Å². The SMILES string of the molecule is COc1ccc(CNC(=O)c2cc(Cl)c(OC)c(OC)c2)cn1. The number of rotatable bonds is 6. The van der Waals surface area contributed by atoms with Gasteiger partial charge in [0.2, 0.25) is 5.88 Å². The summed E-state index contributed by atoms with van der Waals surface area (Å²) in [7, 11) is 4.52. The molecule has 0 fully saturated rings. The first-order valence-electron chi connectivity index (χ1n) is 6.77. The van der Waals surface area contributed by atoms with Gasteiger partial charge < -0.3 is 19.5 Å². The molecule has 0 radical (unpaired) electrons. The van der Waals surface area contributed by atoms with Crippen LogP contribution >= 0.6 is 11.6 Å². The summed E-state index contributed by atoms with van der Waals surface area (Å²) in [6, 6.07) is 6.67. The van der Waals surface area contributed by atoms with Crippen LogP contribution in [0.25, 0.3) is 0 Å². The molecule has 23 heavy (non-hydrogen) atoms. The van der Waals surface area contributed by atoms with Crippen LogP contribution in [0, 0.1) is 0 Å². The summed E-state index contributed by atoms with van der Waals surface area (Å²) in [5, 5.41) is 3.10. The number of aromatic nitrogens is 1. The van der Waals surface area contributed by atoms with Gasteiger partial charge in [-0.2, -0.15) is 0 Å². The Bertz CT molecular complexity index is 689. The molecule has 1 aromatic heterocycles. The topological polar surface area (TPSA) is 69.7 Å². The number of nitrogens with one attached hydrogen (secondary N) is 1. The second kappa shape index (κ2) is 7.69. The van der Waals surface area contributed by atoms with Gasteiger partial charge in [-0.25, -0.2) is 4.98 Å². The van der Waals surface area contributed by atoms with Gasteiger partial charge in [0.05, 0.1) is 26.4 Å². The van der Waals surface area contributed by atoms with Crippen molar-refractivity contribution >= 4 is 17.5 Å². The molecule has 0 saturated carbocycles. The van der Waals surface area contributed by atoms with Gasteiger partial charge in [0.25, 0.3) is 5.91 Å². The van der Waals surface area contributed by atoms with E-state index in [9.17, 15) is 4.79 Å². The minimum Gasteiger partial charge on any atom is -0.493 e. The minimum atomic E-state index is -0.274. The zero-order valence-electron chi connectivity index (χ0n) is 13.1. The molecular weight excluding hydrogens is 320 g/mol. The lowest BCUT2D eigenvalue weighted by Gasteiger charge is -2.12. The molecule has 0 bridgehead atoms. The van der Waals surface area contributed by atoms with Crippen LogP contribution in [-0.2, 0) is 6.54 Å². The van der Waals surface area contributed by atoms with Crippen molar-refractivity contribution in [3.05, 3.63) is 46.6 Å². The third kappa shape index (κ3) is 4.04. The average molecular weight is 337 g/mol. The zero-order chi connectivity index (χ0) is 16.8. The fraction of sp³-hybridized carbons (Fsp3) is 0.250. The van der Waals surface area contributed by atoms with E-state index in [2.05, 4.69) is 10.3 Å². The second-order valence-electron chi connectivity index (χ2n) is 4.59. The summed E-state index contributed by atoms with van der Waals surface area (Å²) in [4.78, 5) is 16.3. The van der Waals surface area contributed by atoms with E-state index in [-0.39, 0.29) is 5.91 Å². The van der Waals surface area contributed by atoms with Gasteiger partial charge in [-0.05, 0) is 17.7 Å². The third-order valence-corrected chi connectivity index (χ3v) is 3.44. The molecule has 0 aliphatic heterocycles. The lowest BCUT2D eigenvalue weighted by molar-refractivity contribution is 0.0950. The molecule has 0 aliphatic rings. The highest BCUT2D eigenvalue weighted by Gasteiger charge is 2.15. The van der Waals surface area contributed by atoms with Gasteiger partial charge in [0.15, 0.2) is 11.5 Å². The minimum absolute atomic E-state index is 0.274. The van der Waals surface area contributed by atoms with Gasteiger partial charge in [0, 0.05) is 24.4 Å². The average Bonchev–Trinajstić information content (AvgIpc) is 2.59. The van der Waals surface area contributed by atoms with Gasteiger partial charge in [-0.15, -0.1) is 0 Å². The maximum Gasteiger partial charge on any atom is 0.251 e. The van der Waals surface area contributed by atoms with Crippen molar-refractivity contribution < 1.29 is 19.0 Å². The Labute approximate surface area is 139 Å². The molecule has 0 unspecified atom stereocenters. The number of ether oxygens (including phenoxy) is 3. The van der Waals surface area contributed by atoms with Gasteiger partial charge in [0.1, 0.15) is 0 Å². The number of hydrogen-bond donors (Lipinski definition) is 1. The third-order valence-electron chi connectivity index (χ3n) is 3.16. The van der Waals surface area contributed by atoms with Crippen LogP contribution in [-0.4, -0.2) is 32.2 Å². The second-order valence-corrected chi connectivity index (χ2v) is 4.99. The lowest BCUT2D eigenvalue weighted by Crippen LogP contribution is -2.23. The van der Waals surface area contributed by atoms with Crippen molar-refractivity contribution in [2.75, 3.05) is 21.3 Å². The van der Waals surface area contributed by atoms with Crippen molar-refractivity contribution in [2.45, 2.75) is 6.54 Å². The van der Waals surface area contributed by atoms with Crippen LogP contribution < -0.4 is 19.5 Å². The molecule has 1 heterocycles. The lowest BCUT2D eigenvalue weighted by atomic mass is 10.1. The molecule has 0 atom stereocenters. The number of amides is 1. The van der Waals surface area contributed by atoms with Crippen molar-refractivity contribution in [1.82, 2.24) is 10.3 Å². The van der Waals surface area contributed by atoms with E-state index in [4.69, 9.17) is 25.8 Å². The van der Waals surface area contributed by atoms with E-state index >= 15 is 0 Å². The van der Waals surface area contributed by atoms with Crippen LogP contribution in [0.3, 0.4) is 0 Å². The van der Waals surface area contributed by atoms with Crippen LogP contribution in [0.1, 0.15) is 15.9 Å². The van der Waals surface area contributed by atoms with Crippen LogP contribution in [0.4, 0.5) is 0 Å². The van der Waals surface area contributed by atoms with Gasteiger partial charge in [-0.3, -0.25) is 4.79 Å². The molecule has 6 nitrogen and oxygen atoms in total. The number of carbonyl (C=O) groups excluding carboxylic acids is 1. The summed E-state index contributed by atoms with van der Waals surface area (Å²) >= 11 is 6.10. The molecule has 0 spiro atoms. The van der Waals surface area contributed by atoms with Crippen LogP contribution in [0.5, 0.6) is 17.4 Å². The molecule has 1 aromatic carbocycles. The van der Waals surface area contributed by atoms with E-state index in [1.54, 1.807) is 25.4 Å². The molecule has 122 valence electrons. The van der Waals surface area contributed by atoms with E-state index in [0.29, 0.717) is 34.5 Å². The Morgan fingerprint density at radius 2 is 1.96 bits per heavy atom. The van der Waals surface area contributed by atoms with Gasteiger partial charge >= 0.3 is 0 Å². The van der Waals surface area contributed by atoms with Gasteiger partial charge in [-0.1, -0.05) is 17.7 Å². The maximum atomic E-state index is 12.2. The van der Waals surface area contributed by atoms with Crippen molar-refractivity contribution in [3.8, 4) is 17.4 Å². The highest BCUT2D eigenvalue weighted by atomic mass is 35.5. The standard InChI is InChI=1S/C16H17ClN2O4/c1-21-13-7-11(6-12(17)15(13)23-3)16(20)19-9-10-4-5-14(22-2)18-8-10/h4-8H,9H2,1-3H3,(H,19,20). The summed E-state index contributed by atoms with van der Waals surface area (Å²) in [6.07, 6.45) is 1.64. The Balaban J connectivity index is 2.09. The number of carbonyl (C=O) groups is 1. The first-order valence-corrected chi connectivity index (χ1v) is 7.15. The summed E-state index contributed by atoms with van der Waals surface area (Å²) in [5.41, 5.74) is 1.24. The molecule has 1 amide bonds. The van der Waals surface area contributed by atoms with E-state index in [0.717, 1.165) is 5.56 Å². The molecule has 7 heteroatoms. The number of pyridine rings is 1. The molecule has 0 saturated heterocycles. The van der Waals surface area contributed by atoms with Crippen molar-refractivity contribution in [3.63, 3.8) is 0 Å². The van der Waals surface area contributed by atoms with Crippen LogP contribution in [0.2, 0.25) is 5.02 Å². The number of methoxy groups -OCH3 is 3. The molecule has 2 rings (SSSR count). The molecule has 0 aliphatic carbocycles. The van der Waals surface area contributed by atoms with E-state index in [1.807, 2.05) is 6.07 Å². The predicted octanol–water partition coefficient (Wildman–Crippen LogP) is 2.69. The number of hydrogen-bond acceptors (Lipinski definition) is 5. The smallest absolute Gasteiger partial charge is 0.251 e. The Hall–Kier alpha value is -2.47. The molecule has 1 N–H and O–H groups in total. The Morgan fingerprint density at radius 3 is 2.52 bits per heavy atom. The van der Waals surface area contributed by atoms with E-state index < -0.39 is 0 Å². The molecular formula is C16H17ClN2O4. The summed E-state index contributed by atoms with van der Waals surface area (Å²) < 4.78 is 15.3. The Morgan fingerprint density at radius 1 is 1.17 bits per heavy atom. The normalized spacial score (nSPS) is 10.1. The van der Waals surface area contributed by atoms with Crippen LogP contribution in [0.15, 0.2) is 30.5 Å². The number of nitrogens with zero attached hydrogens (tertiary/aromatic N) is 1. The quantitative estimate of drug-likeness (QED) is 0.878. The van der Waals surface area contributed by atoms with Crippen molar-refractivity contribution in [1.29, 1.82) is 0 Å². The Kier molecular flexibility index (Phi) is 5.65. The maximum absolute atomic E-state index is 12.2. The van der Waals surface area contributed by atoms with E-state index in [1.165, 1.54) is 20.3 Å². The zero-order valence-corrected chi connectivity index (χ0v) is 13.8. The fourth-order valence-electron chi connectivity index (χ4n) is 1.97. The number of benzene rings is 1. The fourth-order valence-corrected chi connectivity index (χ4v) is 2.26. The monoisotopic (exact) mass is 336 g/mol. The predicted molar refractivity (Wildman–Crippen MR) is 86.5 cm³/mol. The number of halogens is 1. The first kappa shape index (κ1) is 16.9. The largest absolute Gasteiger partial charge is 0.493 e. The highest BCUT2D eigenvalue weighted by molar-refractivity contribution is 6.32. The summed E-state index contributed by atoms with van der Waals surface area (Å²) in [5.74, 6) is 1.04. The molecule has 2 aromatic rings. The summed E-state index contributed by atoms with van der Waals surface area (Å²) in [6.45, 7) is 0.335. The highest BCUT2D eigenvalue weighted by Crippen LogP contribution is 2.35. The first-order chi connectivity index (χ1) is 11.1.